The van der Waals surface area contributed by atoms with E-state index in [1.54, 1.807) is 44.2 Å². The molecular weight excluding hydrogens is 444 g/mol. The minimum absolute atomic E-state index is 0.135. The largest absolute Gasteiger partial charge is 0.497 e. The second-order valence-electron chi connectivity index (χ2n) is 7.35. The Labute approximate surface area is 197 Å². The third-order valence-electron chi connectivity index (χ3n) is 4.35. The van der Waals surface area contributed by atoms with E-state index in [0.29, 0.717) is 28.4 Å². The molecule has 2 amide bonds. The van der Waals surface area contributed by atoms with Gasteiger partial charge in [0.25, 0.3) is 5.91 Å². The molecule has 0 aliphatic rings. The Morgan fingerprint density at radius 1 is 0.853 bits per heavy atom. The molecule has 0 spiro atoms. The second-order valence-corrected chi connectivity index (χ2v) is 7.35. The molecule has 2 aromatic carbocycles. The molecule has 2 aromatic rings. The maximum Gasteiger partial charge on any atom is 0.338 e. The lowest BCUT2D eigenvalue weighted by Gasteiger charge is -2.12. The van der Waals surface area contributed by atoms with Crippen molar-refractivity contribution in [2.45, 2.75) is 32.8 Å². The van der Waals surface area contributed by atoms with Crippen molar-refractivity contribution < 1.29 is 38.1 Å². The van der Waals surface area contributed by atoms with Gasteiger partial charge in [-0.15, -0.1) is 0 Å². The Balaban J connectivity index is 1.74. The highest BCUT2D eigenvalue weighted by atomic mass is 16.5. The van der Waals surface area contributed by atoms with Gasteiger partial charge in [-0.05, 0) is 50.2 Å². The van der Waals surface area contributed by atoms with Crippen LogP contribution < -0.4 is 20.1 Å². The Kier molecular flexibility index (Phi) is 9.88. The standard InChI is InChI=1S/C24H28N2O8/c1-15(2)34-24(30)16-5-7-17(8-6-16)25-21(27)11-12-23(29)33-14-22(28)26-19-10-9-18(31-3)13-20(19)32-4/h5-10,13,15H,11-12,14H2,1-4H3,(H,25,27)(H,26,28). The molecule has 0 unspecified atom stereocenters. The van der Waals surface area contributed by atoms with Gasteiger partial charge in [0.2, 0.25) is 5.91 Å². The van der Waals surface area contributed by atoms with Gasteiger partial charge in [0, 0.05) is 18.2 Å². The highest BCUT2D eigenvalue weighted by Crippen LogP contribution is 2.28. The first-order valence-corrected chi connectivity index (χ1v) is 10.5. The summed E-state index contributed by atoms with van der Waals surface area (Å²) in [6.07, 6.45) is -0.573. The third-order valence-corrected chi connectivity index (χ3v) is 4.35. The molecule has 0 saturated heterocycles. The molecule has 182 valence electrons. The normalized spacial score (nSPS) is 10.3. The van der Waals surface area contributed by atoms with Gasteiger partial charge in [-0.2, -0.15) is 0 Å². The number of hydrogen-bond acceptors (Lipinski definition) is 8. The van der Waals surface area contributed by atoms with Crippen molar-refractivity contribution in [3.8, 4) is 11.5 Å². The van der Waals surface area contributed by atoms with Gasteiger partial charge in [-0.3, -0.25) is 14.4 Å². The lowest BCUT2D eigenvalue weighted by Crippen LogP contribution is -2.22. The zero-order valence-corrected chi connectivity index (χ0v) is 19.5. The molecule has 34 heavy (non-hydrogen) atoms. The summed E-state index contributed by atoms with van der Waals surface area (Å²) in [4.78, 5) is 47.9. The minimum atomic E-state index is -0.696. The zero-order valence-electron chi connectivity index (χ0n) is 19.5. The Morgan fingerprint density at radius 2 is 1.56 bits per heavy atom. The Morgan fingerprint density at radius 3 is 2.18 bits per heavy atom. The second kappa shape index (κ2) is 12.8. The minimum Gasteiger partial charge on any atom is -0.497 e. The van der Waals surface area contributed by atoms with E-state index in [1.165, 1.54) is 26.4 Å². The van der Waals surface area contributed by atoms with Crippen LogP contribution in [0.4, 0.5) is 11.4 Å². The maximum absolute atomic E-state index is 12.1. The number of carbonyl (C=O) groups is 4. The monoisotopic (exact) mass is 472 g/mol. The van der Waals surface area contributed by atoms with Crippen molar-refractivity contribution >= 4 is 35.1 Å². The molecule has 10 nitrogen and oxygen atoms in total. The summed E-state index contributed by atoms with van der Waals surface area (Å²) in [5.41, 5.74) is 1.22. The summed E-state index contributed by atoms with van der Waals surface area (Å²) >= 11 is 0. The van der Waals surface area contributed by atoms with Crippen LogP contribution in [0.5, 0.6) is 11.5 Å². The van der Waals surface area contributed by atoms with E-state index in [1.807, 2.05) is 0 Å². The molecule has 2 N–H and O–H groups in total. The first-order chi connectivity index (χ1) is 16.2. The summed E-state index contributed by atoms with van der Waals surface area (Å²) in [5.74, 6) is -1.17. The molecule has 0 heterocycles. The Hall–Kier alpha value is -4.08. The number of rotatable bonds is 11. The van der Waals surface area contributed by atoms with Crippen LogP contribution >= 0.6 is 0 Å². The molecule has 0 aliphatic carbocycles. The van der Waals surface area contributed by atoms with Gasteiger partial charge in [0.05, 0.1) is 38.0 Å². The van der Waals surface area contributed by atoms with Crippen LogP contribution in [0.1, 0.15) is 37.0 Å². The van der Waals surface area contributed by atoms with Crippen molar-refractivity contribution in [2.75, 3.05) is 31.5 Å². The van der Waals surface area contributed by atoms with Crippen molar-refractivity contribution in [3.63, 3.8) is 0 Å². The van der Waals surface area contributed by atoms with E-state index in [-0.39, 0.29) is 18.9 Å². The number of nitrogens with one attached hydrogen (secondary N) is 2. The summed E-state index contributed by atoms with van der Waals surface area (Å²) in [6, 6.07) is 11.0. The van der Waals surface area contributed by atoms with Gasteiger partial charge in [0.1, 0.15) is 11.5 Å². The molecular formula is C24H28N2O8. The molecule has 0 atom stereocenters. The van der Waals surface area contributed by atoms with E-state index in [9.17, 15) is 19.2 Å². The van der Waals surface area contributed by atoms with Gasteiger partial charge < -0.3 is 29.6 Å². The van der Waals surface area contributed by atoms with Crippen LogP contribution in [-0.4, -0.2) is 50.7 Å². The van der Waals surface area contributed by atoms with Gasteiger partial charge >= 0.3 is 11.9 Å². The highest BCUT2D eigenvalue weighted by Gasteiger charge is 2.14. The molecule has 0 saturated carbocycles. The van der Waals surface area contributed by atoms with E-state index in [4.69, 9.17) is 18.9 Å². The number of amides is 2. The highest BCUT2D eigenvalue weighted by molar-refractivity contribution is 5.96. The first-order valence-electron chi connectivity index (χ1n) is 10.5. The van der Waals surface area contributed by atoms with Crippen LogP contribution in [0.25, 0.3) is 0 Å². The molecule has 10 heteroatoms. The summed E-state index contributed by atoms with van der Waals surface area (Å²) in [7, 11) is 2.96. The van der Waals surface area contributed by atoms with Crippen molar-refractivity contribution in [1.82, 2.24) is 0 Å². The molecule has 0 fully saturated rings. The average Bonchev–Trinajstić information content (AvgIpc) is 2.81. The van der Waals surface area contributed by atoms with Crippen LogP contribution in [0.2, 0.25) is 0 Å². The molecule has 2 rings (SSSR count). The summed E-state index contributed by atoms with van der Waals surface area (Å²) in [5, 5.41) is 5.20. The lowest BCUT2D eigenvalue weighted by atomic mass is 10.2. The van der Waals surface area contributed by atoms with Gasteiger partial charge in [-0.25, -0.2) is 4.79 Å². The quantitative estimate of drug-likeness (QED) is 0.477. The lowest BCUT2D eigenvalue weighted by molar-refractivity contribution is -0.147. The zero-order chi connectivity index (χ0) is 25.1. The first kappa shape index (κ1) is 26.2. The van der Waals surface area contributed by atoms with Crippen LogP contribution in [-0.2, 0) is 23.9 Å². The molecule has 0 aromatic heterocycles. The average molecular weight is 472 g/mol. The van der Waals surface area contributed by atoms with E-state index < -0.39 is 30.4 Å². The fourth-order valence-corrected chi connectivity index (χ4v) is 2.72. The van der Waals surface area contributed by atoms with Gasteiger partial charge in [0.15, 0.2) is 6.61 Å². The summed E-state index contributed by atoms with van der Waals surface area (Å²) < 4.78 is 20.3. The number of carbonyl (C=O) groups excluding carboxylic acids is 4. The van der Waals surface area contributed by atoms with Gasteiger partial charge in [-0.1, -0.05) is 0 Å². The van der Waals surface area contributed by atoms with E-state index >= 15 is 0 Å². The van der Waals surface area contributed by atoms with Crippen molar-refractivity contribution in [1.29, 1.82) is 0 Å². The number of ether oxygens (including phenoxy) is 4. The predicted octanol–water partition coefficient (Wildman–Crippen LogP) is 3.17. The smallest absolute Gasteiger partial charge is 0.338 e. The number of benzene rings is 2. The van der Waals surface area contributed by atoms with E-state index in [0.717, 1.165) is 0 Å². The third kappa shape index (κ3) is 8.45. The number of methoxy groups -OCH3 is 2. The van der Waals surface area contributed by atoms with Crippen LogP contribution in [0.15, 0.2) is 42.5 Å². The summed E-state index contributed by atoms with van der Waals surface area (Å²) in [6.45, 7) is 2.99. The fourth-order valence-electron chi connectivity index (χ4n) is 2.72. The number of esters is 2. The SMILES string of the molecule is COc1ccc(NC(=O)COC(=O)CCC(=O)Nc2ccc(C(=O)OC(C)C)cc2)c(OC)c1. The molecule has 0 bridgehead atoms. The molecule has 0 radical (unpaired) electrons. The topological polar surface area (TPSA) is 129 Å². The predicted molar refractivity (Wildman–Crippen MR) is 124 cm³/mol. The number of anilines is 2. The number of hydrogen-bond donors (Lipinski definition) is 2. The van der Waals surface area contributed by atoms with Crippen LogP contribution in [0.3, 0.4) is 0 Å². The molecule has 0 aliphatic heterocycles. The maximum atomic E-state index is 12.1. The van der Waals surface area contributed by atoms with E-state index in [2.05, 4.69) is 10.6 Å². The fraction of sp³-hybridized carbons (Fsp3) is 0.333. The van der Waals surface area contributed by atoms with Crippen molar-refractivity contribution in [2.24, 2.45) is 0 Å². The van der Waals surface area contributed by atoms with Crippen molar-refractivity contribution in [3.05, 3.63) is 48.0 Å². The van der Waals surface area contributed by atoms with Crippen LogP contribution in [0, 0.1) is 0 Å². The Bertz CT molecular complexity index is 1020.